The van der Waals surface area contributed by atoms with E-state index in [-0.39, 0.29) is 27.9 Å². The largest absolute Gasteiger partial charge is 0.496 e. The van der Waals surface area contributed by atoms with Crippen LogP contribution >= 0.6 is 11.6 Å². The van der Waals surface area contributed by atoms with Gasteiger partial charge in [-0.3, -0.25) is 4.79 Å². The van der Waals surface area contributed by atoms with Gasteiger partial charge in [0.2, 0.25) is 5.88 Å². The Morgan fingerprint density at radius 3 is 2.52 bits per heavy atom. The van der Waals surface area contributed by atoms with Crippen molar-refractivity contribution in [3.8, 4) is 28.5 Å². The van der Waals surface area contributed by atoms with E-state index < -0.39 is 11.7 Å². The van der Waals surface area contributed by atoms with Gasteiger partial charge in [0.1, 0.15) is 17.3 Å². The fourth-order valence-electron chi connectivity index (χ4n) is 3.11. The van der Waals surface area contributed by atoms with E-state index in [0.29, 0.717) is 16.9 Å². The molecule has 3 rings (SSSR count). The number of primary amides is 1. The number of nitrogen functional groups attached to an aromatic ring is 1. The molecule has 1 amide bonds. The first kappa shape index (κ1) is 20.4. The van der Waals surface area contributed by atoms with E-state index >= 15 is 0 Å². The number of nitrogens with zero attached hydrogens (tertiary/aromatic N) is 1. The smallest absolute Gasteiger partial charge is 0.252 e. The Balaban J connectivity index is 2.28. The molecule has 3 aromatic rings. The SMILES string of the molecule is COc1ccc(C)c(-c2c(Oc3ccc(F)c(Cl)c3)ncc(C(N)=O)c2N)c1C. The summed E-state index contributed by atoms with van der Waals surface area (Å²) in [6, 6.07) is 7.61. The molecule has 8 heteroatoms. The number of nitrogens with two attached hydrogens (primary N) is 2. The van der Waals surface area contributed by atoms with Gasteiger partial charge in [0.25, 0.3) is 5.91 Å². The summed E-state index contributed by atoms with van der Waals surface area (Å²) in [4.78, 5) is 16.1. The molecule has 0 saturated carbocycles. The number of carbonyl (C=O) groups is 1. The van der Waals surface area contributed by atoms with Crippen molar-refractivity contribution in [3.63, 3.8) is 0 Å². The minimum absolute atomic E-state index is 0.0612. The molecule has 0 aliphatic heterocycles. The van der Waals surface area contributed by atoms with Crippen molar-refractivity contribution in [2.45, 2.75) is 13.8 Å². The number of hydrogen-bond acceptors (Lipinski definition) is 5. The van der Waals surface area contributed by atoms with Crippen LogP contribution in [0.3, 0.4) is 0 Å². The van der Waals surface area contributed by atoms with E-state index in [1.165, 1.54) is 24.4 Å². The van der Waals surface area contributed by atoms with Crippen molar-refractivity contribution in [3.05, 3.63) is 64.1 Å². The average Bonchev–Trinajstić information content (AvgIpc) is 2.66. The van der Waals surface area contributed by atoms with Gasteiger partial charge >= 0.3 is 0 Å². The van der Waals surface area contributed by atoms with Gasteiger partial charge in [-0.15, -0.1) is 0 Å². The third-order valence-electron chi connectivity index (χ3n) is 4.55. The number of carbonyl (C=O) groups excluding carboxylic acids is 1. The second-order valence-electron chi connectivity index (χ2n) is 6.39. The molecule has 0 bridgehead atoms. The van der Waals surface area contributed by atoms with Gasteiger partial charge in [-0.25, -0.2) is 9.37 Å². The normalized spacial score (nSPS) is 10.7. The Morgan fingerprint density at radius 1 is 1.17 bits per heavy atom. The van der Waals surface area contributed by atoms with Gasteiger partial charge in [0, 0.05) is 12.3 Å². The predicted octanol–water partition coefficient (Wildman–Crippen LogP) is 4.64. The molecule has 1 heterocycles. The average molecular weight is 416 g/mol. The summed E-state index contributed by atoms with van der Waals surface area (Å²) in [5.41, 5.74) is 14.7. The Morgan fingerprint density at radius 2 is 1.90 bits per heavy atom. The van der Waals surface area contributed by atoms with E-state index in [4.69, 9.17) is 32.5 Å². The number of hydrogen-bond donors (Lipinski definition) is 2. The Bertz CT molecular complexity index is 1120. The van der Waals surface area contributed by atoms with Gasteiger partial charge in [-0.05, 0) is 48.7 Å². The lowest BCUT2D eigenvalue weighted by atomic mass is 9.93. The molecule has 0 atom stereocenters. The van der Waals surface area contributed by atoms with Crippen LogP contribution in [0.5, 0.6) is 17.4 Å². The highest BCUT2D eigenvalue weighted by Gasteiger charge is 2.23. The minimum Gasteiger partial charge on any atom is -0.496 e. The molecule has 4 N–H and O–H groups in total. The van der Waals surface area contributed by atoms with Crippen molar-refractivity contribution >= 4 is 23.2 Å². The van der Waals surface area contributed by atoms with E-state index in [1.807, 2.05) is 26.0 Å². The molecule has 0 radical (unpaired) electrons. The van der Waals surface area contributed by atoms with Crippen molar-refractivity contribution in [2.75, 3.05) is 12.8 Å². The highest BCUT2D eigenvalue weighted by molar-refractivity contribution is 6.30. The fraction of sp³-hybridized carbons (Fsp3) is 0.143. The monoisotopic (exact) mass is 415 g/mol. The lowest BCUT2D eigenvalue weighted by Gasteiger charge is -2.19. The maximum absolute atomic E-state index is 13.5. The zero-order valence-corrected chi connectivity index (χ0v) is 16.8. The van der Waals surface area contributed by atoms with Crippen LogP contribution in [0.25, 0.3) is 11.1 Å². The van der Waals surface area contributed by atoms with Crippen LogP contribution in [0.15, 0.2) is 36.5 Å². The maximum Gasteiger partial charge on any atom is 0.252 e. The van der Waals surface area contributed by atoms with Gasteiger partial charge in [-0.1, -0.05) is 17.7 Å². The number of aryl methyl sites for hydroxylation is 1. The van der Waals surface area contributed by atoms with Gasteiger partial charge in [-0.2, -0.15) is 0 Å². The Labute approximate surface area is 172 Å². The molecule has 0 saturated heterocycles. The van der Waals surface area contributed by atoms with Crippen LogP contribution in [0.1, 0.15) is 21.5 Å². The van der Waals surface area contributed by atoms with Crippen LogP contribution in [-0.2, 0) is 0 Å². The number of methoxy groups -OCH3 is 1. The predicted molar refractivity (Wildman–Crippen MR) is 110 cm³/mol. The molecule has 2 aromatic carbocycles. The first-order valence-corrected chi connectivity index (χ1v) is 8.98. The van der Waals surface area contributed by atoms with E-state index in [0.717, 1.165) is 11.1 Å². The van der Waals surface area contributed by atoms with Crippen LogP contribution < -0.4 is 20.9 Å². The molecule has 0 spiro atoms. The van der Waals surface area contributed by atoms with Gasteiger partial charge in [0.15, 0.2) is 0 Å². The molecule has 0 aliphatic rings. The number of amides is 1. The van der Waals surface area contributed by atoms with E-state index in [9.17, 15) is 9.18 Å². The number of pyridine rings is 1. The summed E-state index contributed by atoms with van der Waals surface area (Å²) in [7, 11) is 1.56. The number of benzene rings is 2. The first-order chi connectivity index (χ1) is 13.7. The zero-order chi connectivity index (χ0) is 21.3. The number of halogens is 2. The summed E-state index contributed by atoms with van der Waals surface area (Å²) in [6.45, 7) is 3.74. The zero-order valence-electron chi connectivity index (χ0n) is 16.0. The Kier molecular flexibility index (Phi) is 5.61. The van der Waals surface area contributed by atoms with Crippen LogP contribution in [0.2, 0.25) is 5.02 Å². The molecule has 0 fully saturated rings. The molecule has 6 nitrogen and oxygen atoms in total. The Hall–Kier alpha value is -3.32. The molecular formula is C21H19ClFN3O3. The molecular weight excluding hydrogens is 397 g/mol. The number of aromatic nitrogens is 1. The van der Waals surface area contributed by atoms with E-state index in [2.05, 4.69) is 4.98 Å². The van der Waals surface area contributed by atoms with Crippen molar-refractivity contribution in [2.24, 2.45) is 5.73 Å². The summed E-state index contributed by atoms with van der Waals surface area (Å²) < 4.78 is 24.8. The quantitative estimate of drug-likeness (QED) is 0.632. The maximum atomic E-state index is 13.5. The second kappa shape index (κ2) is 7.97. The van der Waals surface area contributed by atoms with Crippen LogP contribution in [-0.4, -0.2) is 18.0 Å². The number of ether oxygens (including phenoxy) is 2. The van der Waals surface area contributed by atoms with Crippen LogP contribution in [0, 0.1) is 19.7 Å². The van der Waals surface area contributed by atoms with Crippen LogP contribution in [0.4, 0.5) is 10.1 Å². The number of anilines is 1. The number of rotatable bonds is 5. The summed E-state index contributed by atoms with van der Waals surface area (Å²) >= 11 is 5.85. The highest BCUT2D eigenvalue weighted by Crippen LogP contribution is 2.43. The van der Waals surface area contributed by atoms with Crippen molar-refractivity contribution in [1.29, 1.82) is 0 Å². The fourth-order valence-corrected chi connectivity index (χ4v) is 3.28. The molecule has 29 heavy (non-hydrogen) atoms. The lowest BCUT2D eigenvalue weighted by molar-refractivity contribution is 0.100. The third-order valence-corrected chi connectivity index (χ3v) is 4.84. The summed E-state index contributed by atoms with van der Waals surface area (Å²) in [5, 5.41) is -0.0977. The minimum atomic E-state index is -0.717. The van der Waals surface area contributed by atoms with E-state index in [1.54, 1.807) is 7.11 Å². The molecule has 0 unspecified atom stereocenters. The van der Waals surface area contributed by atoms with Gasteiger partial charge in [0.05, 0.1) is 28.9 Å². The van der Waals surface area contributed by atoms with Crippen molar-refractivity contribution < 1.29 is 18.7 Å². The standard InChI is InChI=1S/C21H19ClFN3O3/c1-10-4-7-16(28-3)11(2)17(10)18-19(24)13(20(25)27)9-26-21(18)29-12-5-6-15(23)14(22)8-12/h4-9H,1-3H3,(H2,24,26)(H2,25,27). The summed E-state index contributed by atoms with van der Waals surface area (Å²) in [5.74, 6) is -0.282. The highest BCUT2D eigenvalue weighted by atomic mass is 35.5. The second-order valence-corrected chi connectivity index (χ2v) is 6.80. The van der Waals surface area contributed by atoms with Gasteiger partial charge < -0.3 is 20.9 Å². The third kappa shape index (κ3) is 3.82. The summed E-state index contributed by atoms with van der Waals surface area (Å²) in [6.07, 6.45) is 1.24. The lowest BCUT2D eigenvalue weighted by Crippen LogP contribution is -2.15. The first-order valence-electron chi connectivity index (χ1n) is 8.60. The molecule has 150 valence electrons. The topological polar surface area (TPSA) is 100 Å². The van der Waals surface area contributed by atoms with Crippen molar-refractivity contribution in [1.82, 2.24) is 4.98 Å². The molecule has 1 aromatic heterocycles. The molecule has 0 aliphatic carbocycles.